The Hall–Kier alpha value is -1.41. The predicted octanol–water partition coefficient (Wildman–Crippen LogP) is 2.13. The second-order valence-corrected chi connectivity index (χ2v) is 9.96. The van der Waals surface area contributed by atoms with Gasteiger partial charge in [0.25, 0.3) is 0 Å². The molecule has 1 atom stereocenters. The summed E-state index contributed by atoms with van der Waals surface area (Å²) in [5.74, 6) is -1.72. The van der Waals surface area contributed by atoms with Crippen LogP contribution in [0.4, 0.5) is 0 Å². The molecule has 1 fully saturated rings. The fourth-order valence-corrected chi connectivity index (χ4v) is 4.71. The Morgan fingerprint density at radius 2 is 1.88 bits per heavy atom. The van der Waals surface area contributed by atoms with E-state index >= 15 is 0 Å². The number of nitrogens with zero attached hydrogens (tertiary/aromatic N) is 1. The molecule has 1 aromatic rings. The summed E-state index contributed by atoms with van der Waals surface area (Å²) in [4.78, 5) is 26.6. The molecule has 0 saturated carbocycles. The van der Waals surface area contributed by atoms with E-state index in [2.05, 4.69) is 21.2 Å². The summed E-state index contributed by atoms with van der Waals surface area (Å²) in [7, 11) is -3.62. The van der Waals surface area contributed by atoms with Gasteiger partial charge in [-0.2, -0.15) is 0 Å². The summed E-state index contributed by atoms with van der Waals surface area (Å²) >= 11 is 3.30. The van der Waals surface area contributed by atoms with Gasteiger partial charge < -0.3 is 10.2 Å². The number of rotatable bonds is 7. The second kappa shape index (κ2) is 8.99. The van der Waals surface area contributed by atoms with Crippen LogP contribution >= 0.6 is 15.9 Å². The molecular weight excluding hydrogens is 420 g/mol. The average molecular weight is 445 g/mol. The van der Waals surface area contributed by atoms with Gasteiger partial charge in [-0.1, -0.05) is 41.9 Å². The van der Waals surface area contributed by atoms with E-state index < -0.39 is 27.5 Å². The molecule has 1 N–H and O–H groups in total. The van der Waals surface area contributed by atoms with Crippen molar-refractivity contribution in [2.75, 3.05) is 18.8 Å². The summed E-state index contributed by atoms with van der Waals surface area (Å²) in [6.07, 6.45) is 1.93. The molecule has 2 rings (SSSR count). The first kappa shape index (κ1) is 20.9. The van der Waals surface area contributed by atoms with Gasteiger partial charge >= 0.3 is 0 Å². The Morgan fingerprint density at radius 1 is 1.23 bits per heavy atom. The first-order chi connectivity index (χ1) is 12.2. The fourth-order valence-electron chi connectivity index (χ4n) is 2.99. The minimum Gasteiger partial charge on any atom is -0.343 e. The Morgan fingerprint density at radius 3 is 2.46 bits per heavy atom. The summed E-state index contributed by atoms with van der Waals surface area (Å²) in [5.41, 5.74) is 0.612. The van der Waals surface area contributed by atoms with Crippen LogP contribution in [-0.2, 0) is 25.2 Å². The standard InChI is InChI=1S/C18H25BrN2O4S/c1-13(2)17(18(23)21-8-3-4-9-21)20-16(22)12-26(24,25)11-14-6-5-7-15(19)10-14/h5-7,10,13,17H,3-4,8-9,11-12H2,1-2H3,(H,20,22)/t17-/m0/s1. The number of nitrogens with one attached hydrogen (secondary N) is 1. The van der Waals surface area contributed by atoms with Gasteiger partial charge in [-0.3, -0.25) is 9.59 Å². The zero-order valence-electron chi connectivity index (χ0n) is 15.1. The maximum absolute atomic E-state index is 12.6. The van der Waals surface area contributed by atoms with Crippen LogP contribution in [0.1, 0.15) is 32.3 Å². The minimum absolute atomic E-state index is 0.111. The SMILES string of the molecule is CC(C)[C@H](NC(=O)CS(=O)(=O)Cc1cccc(Br)c1)C(=O)N1CCCC1. The van der Waals surface area contributed by atoms with Crippen molar-refractivity contribution in [3.8, 4) is 0 Å². The number of benzene rings is 1. The highest BCUT2D eigenvalue weighted by Gasteiger charge is 2.31. The van der Waals surface area contributed by atoms with Crippen molar-refractivity contribution in [2.24, 2.45) is 5.92 Å². The quantitative estimate of drug-likeness (QED) is 0.697. The van der Waals surface area contributed by atoms with Crippen molar-refractivity contribution in [3.05, 3.63) is 34.3 Å². The number of carbonyl (C=O) groups is 2. The normalized spacial score (nSPS) is 15.9. The van der Waals surface area contributed by atoms with Crippen molar-refractivity contribution in [3.63, 3.8) is 0 Å². The molecule has 0 aromatic heterocycles. The molecule has 0 bridgehead atoms. The largest absolute Gasteiger partial charge is 0.343 e. The van der Waals surface area contributed by atoms with Gasteiger partial charge in [-0.15, -0.1) is 0 Å². The van der Waals surface area contributed by atoms with Crippen molar-refractivity contribution in [1.82, 2.24) is 10.2 Å². The first-order valence-corrected chi connectivity index (χ1v) is 11.3. The molecule has 1 heterocycles. The van der Waals surface area contributed by atoms with Crippen LogP contribution in [0.15, 0.2) is 28.7 Å². The third-order valence-electron chi connectivity index (χ3n) is 4.29. The van der Waals surface area contributed by atoms with E-state index in [1.807, 2.05) is 13.8 Å². The lowest BCUT2D eigenvalue weighted by molar-refractivity contribution is -0.136. The third-order valence-corrected chi connectivity index (χ3v) is 6.26. The fraction of sp³-hybridized carbons (Fsp3) is 0.556. The Labute approximate surface area is 163 Å². The van der Waals surface area contributed by atoms with Gasteiger partial charge in [0.05, 0.1) is 5.75 Å². The van der Waals surface area contributed by atoms with Crippen LogP contribution in [0.25, 0.3) is 0 Å². The smallest absolute Gasteiger partial charge is 0.245 e. The molecule has 144 valence electrons. The highest BCUT2D eigenvalue weighted by molar-refractivity contribution is 9.10. The summed E-state index contributed by atoms with van der Waals surface area (Å²) in [6, 6.07) is 6.28. The highest BCUT2D eigenvalue weighted by atomic mass is 79.9. The molecule has 1 aliphatic rings. The number of carbonyl (C=O) groups excluding carboxylic acids is 2. The van der Waals surface area contributed by atoms with E-state index in [-0.39, 0.29) is 17.6 Å². The molecule has 6 nitrogen and oxygen atoms in total. The van der Waals surface area contributed by atoms with Crippen LogP contribution in [-0.4, -0.2) is 50.0 Å². The topological polar surface area (TPSA) is 83.5 Å². The highest BCUT2D eigenvalue weighted by Crippen LogP contribution is 2.15. The lowest BCUT2D eigenvalue weighted by atomic mass is 10.0. The van der Waals surface area contributed by atoms with Gasteiger partial charge in [0.1, 0.15) is 11.8 Å². The molecule has 26 heavy (non-hydrogen) atoms. The molecule has 0 unspecified atom stereocenters. The zero-order valence-corrected chi connectivity index (χ0v) is 17.5. The zero-order chi connectivity index (χ0) is 19.3. The van der Waals surface area contributed by atoms with E-state index in [1.54, 1.807) is 29.2 Å². The van der Waals surface area contributed by atoms with Crippen molar-refractivity contribution >= 4 is 37.6 Å². The van der Waals surface area contributed by atoms with Gasteiger partial charge in [0.15, 0.2) is 9.84 Å². The number of amides is 2. The number of hydrogen-bond donors (Lipinski definition) is 1. The molecule has 1 aliphatic heterocycles. The molecule has 2 amide bonds. The maximum atomic E-state index is 12.6. The van der Waals surface area contributed by atoms with Crippen LogP contribution < -0.4 is 5.32 Å². The Kier molecular flexibility index (Phi) is 7.23. The third kappa shape index (κ3) is 6.09. The van der Waals surface area contributed by atoms with E-state index in [0.717, 1.165) is 17.3 Å². The Bertz CT molecular complexity index is 758. The molecule has 0 spiro atoms. The minimum atomic E-state index is -3.62. The van der Waals surface area contributed by atoms with Gasteiger partial charge in [0, 0.05) is 17.6 Å². The summed E-state index contributed by atoms with van der Waals surface area (Å²) in [5, 5.41) is 2.63. The molecule has 0 radical (unpaired) electrons. The van der Waals surface area contributed by atoms with Gasteiger partial charge in [0.2, 0.25) is 11.8 Å². The van der Waals surface area contributed by atoms with Crippen molar-refractivity contribution in [2.45, 2.75) is 38.5 Å². The summed E-state index contributed by atoms with van der Waals surface area (Å²) < 4.78 is 25.4. The Balaban J connectivity index is 1.99. The van der Waals surface area contributed by atoms with Crippen molar-refractivity contribution in [1.29, 1.82) is 0 Å². The molecule has 8 heteroatoms. The first-order valence-electron chi connectivity index (χ1n) is 8.71. The van der Waals surface area contributed by atoms with Crippen LogP contribution in [0.3, 0.4) is 0 Å². The number of halogens is 1. The predicted molar refractivity (Wildman–Crippen MR) is 104 cm³/mol. The lowest BCUT2D eigenvalue weighted by Crippen LogP contribution is -2.51. The molecule has 0 aliphatic carbocycles. The van der Waals surface area contributed by atoms with Crippen LogP contribution in [0, 0.1) is 5.92 Å². The monoisotopic (exact) mass is 444 g/mol. The molecule has 1 saturated heterocycles. The van der Waals surface area contributed by atoms with Crippen molar-refractivity contribution < 1.29 is 18.0 Å². The molecular formula is C18H25BrN2O4S. The van der Waals surface area contributed by atoms with E-state index in [4.69, 9.17) is 0 Å². The summed E-state index contributed by atoms with van der Waals surface area (Å²) in [6.45, 7) is 5.07. The van der Waals surface area contributed by atoms with Gasteiger partial charge in [-0.05, 0) is 36.5 Å². The lowest BCUT2D eigenvalue weighted by Gasteiger charge is -2.26. The molecule has 1 aromatic carbocycles. The second-order valence-electron chi connectivity index (χ2n) is 6.98. The van der Waals surface area contributed by atoms with Crippen LogP contribution in [0.5, 0.6) is 0 Å². The number of sulfone groups is 1. The maximum Gasteiger partial charge on any atom is 0.245 e. The van der Waals surface area contributed by atoms with Gasteiger partial charge in [-0.25, -0.2) is 8.42 Å². The number of likely N-dealkylation sites (tertiary alicyclic amines) is 1. The van der Waals surface area contributed by atoms with E-state index in [0.29, 0.717) is 18.7 Å². The van der Waals surface area contributed by atoms with E-state index in [9.17, 15) is 18.0 Å². The van der Waals surface area contributed by atoms with Crippen LogP contribution in [0.2, 0.25) is 0 Å². The van der Waals surface area contributed by atoms with E-state index in [1.165, 1.54) is 0 Å². The average Bonchev–Trinajstić information content (AvgIpc) is 3.05. The number of hydrogen-bond acceptors (Lipinski definition) is 4.